The molecule has 4 saturated carbocycles. The molecule has 0 heterocycles. The molecule has 3 heteroatoms. The first kappa shape index (κ1) is 39.9. The summed E-state index contributed by atoms with van der Waals surface area (Å²) in [4.78, 5) is 0. The summed E-state index contributed by atoms with van der Waals surface area (Å²) in [5.74, 6) is 2.85. The van der Waals surface area contributed by atoms with Gasteiger partial charge in [0.1, 0.15) is 0 Å². The maximum atomic E-state index is 2.92. The molecule has 4 aromatic rings. The van der Waals surface area contributed by atoms with Gasteiger partial charge < -0.3 is 24.8 Å². The van der Waals surface area contributed by atoms with E-state index in [1.54, 1.807) is 20.9 Å². The van der Waals surface area contributed by atoms with Crippen molar-refractivity contribution in [3.63, 3.8) is 0 Å². The predicted molar refractivity (Wildman–Crippen MR) is 218 cm³/mol. The van der Waals surface area contributed by atoms with Crippen molar-refractivity contribution in [3.8, 4) is 11.1 Å². The Hall–Kier alpha value is -2.31. The second-order valence-corrected chi connectivity index (χ2v) is 25.7. The van der Waals surface area contributed by atoms with Gasteiger partial charge in [0.25, 0.3) is 0 Å². The molecule has 4 bridgehead atoms. The molecular weight excluding hydrogens is 775 g/mol. The summed E-state index contributed by atoms with van der Waals surface area (Å²) in [5.41, 5.74) is 14.1. The predicted octanol–water partition coefficient (Wildman–Crippen LogP) is 6.44. The van der Waals surface area contributed by atoms with Crippen LogP contribution in [0.1, 0.15) is 127 Å². The fourth-order valence-electron chi connectivity index (χ4n) is 11.8. The fraction of sp³-hybridized carbons (Fsp3) is 0.431. The van der Waals surface area contributed by atoms with Gasteiger partial charge in [0.2, 0.25) is 0 Å². The molecule has 0 aliphatic heterocycles. The van der Waals surface area contributed by atoms with Crippen molar-refractivity contribution >= 4 is 6.48 Å². The van der Waals surface area contributed by atoms with E-state index in [0.717, 1.165) is 24.2 Å². The molecule has 4 fully saturated rings. The second-order valence-electron chi connectivity index (χ2n) is 19.9. The maximum Gasteiger partial charge on any atom is -1.00 e. The van der Waals surface area contributed by atoms with Gasteiger partial charge in [-0.1, -0.05) is 0 Å². The largest absolute Gasteiger partial charge is 1.00 e. The minimum atomic E-state index is -2.97. The average molecular weight is 833 g/mol. The molecule has 0 amide bonds. The van der Waals surface area contributed by atoms with Crippen LogP contribution in [0.25, 0.3) is 11.1 Å². The van der Waals surface area contributed by atoms with Crippen LogP contribution in [0, 0.1) is 28.6 Å². The number of rotatable bonds is 5. The Balaban J connectivity index is 0.00000225. The molecule has 0 saturated heterocycles. The SMILES string of the molecule is CC1=CC(C)(C23CC4CC(CC(C4)C2)C3)C=[C]1[Zr+2](=[C](c1ccccc1)c1ccccc1)[c]1cc(C(C)(C)C)cc2c1Cc1ccc(C(C)(C)C)cc1-2.[Cl-].[Cl-]. The quantitative estimate of drug-likeness (QED) is 0.192. The molecule has 6 aliphatic carbocycles. The molecule has 6 aliphatic rings. The van der Waals surface area contributed by atoms with Crippen molar-refractivity contribution in [1.82, 2.24) is 0 Å². The zero-order valence-corrected chi connectivity index (χ0v) is 37.7. The maximum absolute atomic E-state index is 2.97. The third kappa shape index (κ3) is 6.69. The normalized spacial score (nSPS) is 26.1. The van der Waals surface area contributed by atoms with E-state index in [0.29, 0.717) is 5.41 Å². The van der Waals surface area contributed by atoms with Gasteiger partial charge in [-0.3, -0.25) is 0 Å². The van der Waals surface area contributed by atoms with Crippen LogP contribution in [0.15, 0.2) is 112 Å². The number of hydrogen-bond donors (Lipinski definition) is 0. The molecule has 0 spiro atoms. The van der Waals surface area contributed by atoms with E-state index in [-0.39, 0.29) is 41.1 Å². The van der Waals surface area contributed by atoms with Crippen LogP contribution in [0.3, 0.4) is 0 Å². The van der Waals surface area contributed by atoms with Crippen LogP contribution in [0.5, 0.6) is 0 Å². The number of allylic oxidation sites excluding steroid dienone is 4. The van der Waals surface area contributed by atoms with Gasteiger partial charge in [-0.25, -0.2) is 0 Å². The second kappa shape index (κ2) is 14.3. The summed E-state index contributed by atoms with van der Waals surface area (Å²) in [7, 11) is 0. The summed E-state index contributed by atoms with van der Waals surface area (Å²) in [6.07, 6.45) is 15.6. The molecule has 10 rings (SSSR count). The first-order valence-electron chi connectivity index (χ1n) is 20.3. The van der Waals surface area contributed by atoms with E-state index in [1.165, 1.54) is 77.5 Å². The topological polar surface area (TPSA) is 0 Å². The van der Waals surface area contributed by atoms with Gasteiger partial charge in [-0.15, -0.1) is 0 Å². The van der Waals surface area contributed by atoms with Crippen molar-refractivity contribution in [3.05, 3.63) is 145 Å². The minimum absolute atomic E-state index is 0. The van der Waals surface area contributed by atoms with E-state index in [4.69, 9.17) is 0 Å². The first-order chi connectivity index (χ1) is 24.7. The standard InChI is InChI=1S/C21H25.C17H23.C13H10.2ClH.Zr/c1-20(2,3)16-9-7-14-11-15-8-10-17(21(4,5)6)13-19(15)18(14)12-16;1-12-3-4-16(2,8-12)17-9-13-5-14(10-17)7-15(6-13)11-17;1-3-7-12(8-4-1)11-13-9-5-2-6-10-13;;;/h7,9-10,12-13H,11H2,1-6H3;4,8,13-15H,5-7,9-11H2,1-2H3;1-10H;2*1H;/q;;;;;+2/p-2. The molecule has 0 N–H and O–H groups in total. The van der Waals surface area contributed by atoms with Gasteiger partial charge >= 0.3 is 324 Å². The Morgan fingerprint density at radius 3 is 1.67 bits per heavy atom. The Morgan fingerprint density at radius 1 is 0.630 bits per heavy atom. The van der Waals surface area contributed by atoms with E-state index in [1.807, 2.05) is 0 Å². The molecule has 280 valence electrons. The van der Waals surface area contributed by atoms with Crippen molar-refractivity contribution in [1.29, 1.82) is 0 Å². The summed E-state index contributed by atoms with van der Waals surface area (Å²) < 4.78 is 5.08. The van der Waals surface area contributed by atoms with E-state index in [2.05, 4.69) is 159 Å². The van der Waals surface area contributed by atoms with Crippen LogP contribution >= 0.6 is 0 Å². The smallest absolute Gasteiger partial charge is 1.00 e. The fourth-order valence-corrected chi connectivity index (χ4v) is 20.3. The third-order valence-electron chi connectivity index (χ3n) is 14.2. The van der Waals surface area contributed by atoms with Crippen molar-refractivity contribution in [2.45, 2.75) is 111 Å². The summed E-state index contributed by atoms with van der Waals surface area (Å²) in [5, 5.41) is 0. The Bertz CT molecular complexity index is 2100. The summed E-state index contributed by atoms with van der Waals surface area (Å²) >= 11 is -2.97. The Morgan fingerprint density at radius 2 is 1.15 bits per heavy atom. The minimum Gasteiger partial charge on any atom is -1.00 e. The van der Waals surface area contributed by atoms with Gasteiger partial charge in [-0.05, 0) is 0 Å². The van der Waals surface area contributed by atoms with Crippen LogP contribution in [-0.2, 0) is 38.5 Å². The van der Waals surface area contributed by atoms with E-state index < -0.39 is 21.3 Å². The molecule has 0 radical (unpaired) electrons. The third-order valence-corrected chi connectivity index (χ3v) is 21.9. The number of benzene rings is 4. The average Bonchev–Trinajstić information content (AvgIpc) is 3.63. The molecule has 4 aromatic carbocycles. The van der Waals surface area contributed by atoms with Gasteiger partial charge in [0, 0.05) is 0 Å². The van der Waals surface area contributed by atoms with E-state index in [9.17, 15) is 0 Å². The van der Waals surface area contributed by atoms with Crippen LogP contribution < -0.4 is 28.1 Å². The molecule has 54 heavy (non-hydrogen) atoms. The molecule has 1 unspecified atom stereocenters. The number of hydrogen-bond acceptors (Lipinski definition) is 0. The zero-order valence-electron chi connectivity index (χ0n) is 33.8. The van der Waals surface area contributed by atoms with Gasteiger partial charge in [-0.2, -0.15) is 0 Å². The number of fused-ring (bicyclic) bond motifs is 3. The summed E-state index contributed by atoms with van der Waals surface area (Å²) in [6, 6.07) is 35.8. The van der Waals surface area contributed by atoms with Crippen molar-refractivity contribution in [2.24, 2.45) is 28.6 Å². The van der Waals surface area contributed by atoms with E-state index >= 15 is 0 Å². The monoisotopic (exact) mass is 830 g/mol. The molecule has 1 atom stereocenters. The number of halogens is 2. The van der Waals surface area contributed by atoms with Crippen molar-refractivity contribution in [2.75, 3.05) is 0 Å². The summed E-state index contributed by atoms with van der Waals surface area (Å²) in [6.45, 7) is 19.5. The molecule has 0 aromatic heterocycles. The Labute approximate surface area is 346 Å². The van der Waals surface area contributed by atoms with Gasteiger partial charge in [0.15, 0.2) is 0 Å². The van der Waals surface area contributed by atoms with Crippen LogP contribution in [-0.4, -0.2) is 3.21 Å². The van der Waals surface area contributed by atoms with Crippen LogP contribution in [0.4, 0.5) is 0 Å². The van der Waals surface area contributed by atoms with Gasteiger partial charge in [0.05, 0.1) is 0 Å². The molecule has 0 nitrogen and oxygen atoms in total. The van der Waals surface area contributed by atoms with Crippen LogP contribution in [0.2, 0.25) is 0 Å². The zero-order chi connectivity index (χ0) is 36.2. The Kier molecular flexibility index (Phi) is 10.5. The van der Waals surface area contributed by atoms with Crippen molar-refractivity contribution < 1.29 is 46.1 Å². The first-order valence-corrected chi connectivity index (χ1v) is 24.0. The molecular formula is C51H58Cl2Zr.